The second kappa shape index (κ2) is 4.09. The molecule has 78 valence electrons. The van der Waals surface area contributed by atoms with Crippen LogP contribution in [-0.2, 0) is 6.54 Å². The average molecular weight is 202 g/mol. The molecule has 2 N–H and O–H groups in total. The predicted octanol–water partition coefficient (Wildman–Crippen LogP) is 2.50. The molecule has 3 nitrogen and oxygen atoms in total. The van der Waals surface area contributed by atoms with Gasteiger partial charge in [-0.1, -0.05) is 12.1 Å². The van der Waals surface area contributed by atoms with Crippen molar-refractivity contribution in [3.05, 3.63) is 48.4 Å². The number of nitrogen functional groups attached to an aromatic ring is 1. The Morgan fingerprint density at radius 2 is 2.07 bits per heavy atom. The van der Waals surface area contributed by atoms with Gasteiger partial charge >= 0.3 is 0 Å². The van der Waals surface area contributed by atoms with Gasteiger partial charge in [0.2, 0.25) is 0 Å². The molecule has 0 aliphatic rings. The van der Waals surface area contributed by atoms with Crippen LogP contribution in [0.3, 0.4) is 0 Å². The molecule has 0 aliphatic carbocycles. The number of para-hydroxylation sites is 2. The summed E-state index contributed by atoms with van der Waals surface area (Å²) < 4.78 is 5.02. The van der Waals surface area contributed by atoms with E-state index in [2.05, 4.69) is 4.90 Å². The third kappa shape index (κ3) is 2.13. The SMILES string of the molecule is CN(Cc1ccoc1)c1ccccc1N. The molecular formula is C12H14N2O. The van der Waals surface area contributed by atoms with Crippen LogP contribution in [0, 0.1) is 0 Å². The van der Waals surface area contributed by atoms with Crippen molar-refractivity contribution in [3.63, 3.8) is 0 Å². The number of hydrogen-bond acceptors (Lipinski definition) is 3. The zero-order valence-corrected chi connectivity index (χ0v) is 8.68. The second-order valence-electron chi connectivity index (χ2n) is 3.55. The van der Waals surface area contributed by atoms with E-state index in [-0.39, 0.29) is 0 Å². The summed E-state index contributed by atoms with van der Waals surface area (Å²) in [5, 5.41) is 0. The Kier molecular flexibility index (Phi) is 2.63. The number of furan rings is 1. The molecule has 0 unspecified atom stereocenters. The monoisotopic (exact) mass is 202 g/mol. The van der Waals surface area contributed by atoms with Gasteiger partial charge in [0.25, 0.3) is 0 Å². The topological polar surface area (TPSA) is 42.4 Å². The van der Waals surface area contributed by atoms with Gasteiger partial charge in [0.1, 0.15) is 0 Å². The molecular weight excluding hydrogens is 188 g/mol. The molecule has 0 radical (unpaired) electrons. The first-order valence-electron chi connectivity index (χ1n) is 4.84. The summed E-state index contributed by atoms with van der Waals surface area (Å²) in [6.45, 7) is 0.796. The molecule has 1 aromatic heterocycles. The molecule has 0 aliphatic heterocycles. The molecule has 3 heteroatoms. The van der Waals surface area contributed by atoms with Crippen molar-refractivity contribution in [2.45, 2.75) is 6.54 Å². The lowest BCUT2D eigenvalue weighted by molar-refractivity contribution is 0.563. The third-order valence-electron chi connectivity index (χ3n) is 2.35. The smallest absolute Gasteiger partial charge is 0.0952 e. The summed E-state index contributed by atoms with van der Waals surface area (Å²) in [6.07, 6.45) is 3.42. The Morgan fingerprint density at radius 1 is 1.27 bits per heavy atom. The van der Waals surface area contributed by atoms with Gasteiger partial charge in [-0.15, -0.1) is 0 Å². The standard InChI is InChI=1S/C12H14N2O/c1-14(8-10-6-7-15-9-10)12-5-3-2-4-11(12)13/h2-7,9H,8,13H2,1H3. The number of nitrogens with zero attached hydrogens (tertiary/aromatic N) is 1. The fourth-order valence-electron chi connectivity index (χ4n) is 1.58. The minimum atomic E-state index is 0.795. The molecule has 15 heavy (non-hydrogen) atoms. The minimum absolute atomic E-state index is 0.795. The van der Waals surface area contributed by atoms with E-state index in [1.54, 1.807) is 12.5 Å². The maximum atomic E-state index is 5.89. The predicted molar refractivity (Wildman–Crippen MR) is 61.7 cm³/mol. The lowest BCUT2D eigenvalue weighted by Gasteiger charge is -2.20. The molecule has 0 saturated carbocycles. The zero-order valence-electron chi connectivity index (χ0n) is 8.68. The lowest BCUT2D eigenvalue weighted by Crippen LogP contribution is -2.17. The molecule has 0 spiro atoms. The number of hydrogen-bond donors (Lipinski definition) is 1. The van der Waals surface area contributed by atoms with Crippen LogP contribution in [0.4, 0.5) is 11.4 Å². The fourth-order valence-corrected chi connectivity index (χ4v) is 1.58. The molecule has 2 rings (SSSR count). The molecule has 2 aromatic rings. The van der Waals surface area contributed by atoms with Gasteiger partial charge in [0.15, 0.2) is 0 Å². The van der Waals surface area contributed by atoms with Crippen LogP contribution in [0.15, 0.2) is 47.3 Å². The van der Waals surface area contributed by atoms with Gasteiger partial charge in [-0.05, 0) is 18.2 Å². The first-order chi connectivity index (χ1) is 7.27. The highest BCUT2D eigenvalue weighted by Crippen LogP contribution is 2.22. The third-order valence-corrected chi connectivity index (χ3v) is 2.35. The van der Waals surface area contributed by atoms with E-state index in [4.69, 9.17) is 10.2 Å². The summed E-state index contributed by atoms with van der Waals surface area (Å²) in [5.74, 6) is 0. The molecule has 0 atom stereocenters. The van der Waals surface area contributed by atoms with E-state index in [1.165, 1.54) is 0 Å². The quantitative estimate of drug-likeness (QED) is 0.777. The molecule has 0 fully saturated rings. The van der Waals surface area contributed by atoms with Gasteiger partial charge < -0.3 is 15.1 Å². The molecule has 0 amide bonds. The van der Waals surface area contributed by atoms with E-state index < -0.39 is 0 Å². The second-order valence-corrected chi connectivity index (χ2v) is 3.55. The van der Waals surface area contributed by atoms with Crippen LogP contribution in [0.5, 0.6) is 0 Å². The van der Waals surface area contributed by atoms with Crippen molar-refractivity contribution >= 4 is 11.4 Å². The zero-order chi connectivity index (χ0) is 10.7. The summed E-state index contributed by atoms with van der Waals surface area (Å²) >= 11 is 0. The van der Waals surface area contributed by atoms with Crippen molar-refractivity contribution in [1.29, 1.82) is 0 Å². The summed E-state index contributed by atoms with van der Waals surface area (Å²) in [6, 6.07) is 9.79. The molecule has 1 heterocycles. The van der Waals surface area contributed by atoms with Gasteiger partial charge in [0.05, 0.1) is 23.9 Å². The first kappa shape index (κ1) is 9.65. The van der Waals surface area contributed by atoms with Crippen LogP contribution in [-0.4, -0.2) is 7.05 Å². The Balaban J connectivity index is 2.15. The van der Waals surface area contributed by atoms with Crippen molar-refractivity contribution < 1.29 is 4.42 Å². The number of rotatable bonds is 3. The van der Waals surface area contributed by atoms with Gasteiger partial charge in [-0.2, -0.15) is 0 Å². The Morgan fingerprint density at radius 3 is 2.73 bits per heavy atom. The van der Waals surface area contributed by atoms with Gasteiger partial charge in [0, 0.05) is 19.2 Å². The summed E-state index contributed by atoms with van der Waals surface area (Å²) in [7, 11) is 2.01. The molecule has 0 saturated heterocycles. The first-order valence-corrected chi connectivity index (χ1v) is 4.84. The summed E-state index contributed by atoms with van der Waals surface area (Å²) in [4.78, 5) is 2.10. The van der Waals surface area contributed by atoms with Crippen molar-refractivity contribution in [1.82, 2.24) is 0 Å². The minimum Gasteiger partial charge on any atom is -0.472 e. The van der Waals surface area contributed by atoms with Crippen LogP contribution in [0.25, 0.3) is 0 Å². The Labute approximate surface area is 89.1 Å². The van der Waals surface area contributed by atoms with Crippen molar-refractivity contribution in [2.75, 3.05) is 17.7 Å². The van der Waals surface area contributed by atoms with Crippen LogP contribution in [0.2, 0.25) is 0 Å². The number of nitrogens with two attached hydrogens (primary N) is 1. The summed E-state index contributed by atoms with van der Waals surface area (Å²) in [5.41, 5.74) is 8.86. The van der Waals surface area contributed by atoms with E-state index in [9.17, 15) is 0 Å². The van der Waals surface area contributed by atoms with E-state index in [0.29, 0.717) is 0 Å². The van der Waals surface area contributed by atoms with Crippen LogP contribution in [0.1, 0.15) is 5.56 Å². The number of anilines is 2. The van der Waals surface area contributed by atoms with Crippen LogP contribution < -0.4 is 10.6 Å². The largest absolute Gasteiger partial charge is 0.472 e. The Bertz CT molecular complexity index is 423. The van der Waals surface area contributed by atoms with E-state index in [0.717, 1.165) is 23.5 Å². The van der Waals surface area contributed by atoms with Crippen molar-refractivity contribution in [2.24, 2.45) is 0 Å². The fraction of sp³-hybridized carbons (Fsp3) is 0.167. The molecule has 1 aromatic carbocycles. The van der Waals surface area contributed by atoms with Crippen LogP contribution >= 0.6 is 0 Å². The van der Waals surface area contributed by atoms with E-state index in [1.807, 2.05) is 37.4 Å². The normalized spacial score (nSPS) is 10.2. The highest BCUT2D eigenvalue weighted by atomic mass is 16.3. The van der Waals surface area contributed by atoms with Gasteiger partial charge in [-0.3, -0.25) is 0 Å². The average Bonchev–Trinajstić information content (AvgIpc) is 2.71. The maximum absolute atomic E-state index is 5.89. The van der Waals surface area contributed by atoms with Crippen molar-refractivity contribution in [3.8, 4) is 0 Å². The van der Waals surface area contributed by atoms with Gasteiger partial charge in [-0.25, -0.2) is 0 Å². The highest BCUT2D eigenvalue weighted by molar-refractivity contribution is 5.66. The van der Waals surface area contributed by atoms with E-state index >= 15 is 0 Å². The Hall–Kier alpha value is -1.90. The maximum Gasteiger partial charge on any atom is 0.0952 e. The molecule has 0 bridgehead atoms. The highest BCUT2D eigenvalue weighted by Gasteiger charge is 2.05. The number of benzene rings is 1. The lowest BCUT2D eigenvalue weighted by atomic mass is 10.2.